The molecule has 11 nitrogen and oxygen atoms in total. The summed E-state index contributed by atoms with van der Waals surface area (Å²) >= 11 is 0. The zero-order valence-electron chi connectivity index (χ0n) is 29.9. The van der Waals surface area contributed by atoms with Gasteiger partial charge in [-0.3, -0.25) is 9.69 Å². The summed E-state index contributed by atoms with van der Waals surface area (Å²) in [5.74, 6) is 1.45. The number of aliphatic hydroxyl groups is 1. The Balaban J connectivity index is 0.0000110. The summed E-state index contributed by atoms with van der Waals surface area (Å²) in [6, 6.07) is 5.38. The lowest BCUT2D eigenvalue weighted by Crippen LogP contribution is -2.45. The first-order valence-corrected chi connectivity index (χ1v) is 18.9. The number of halogens is 2. The molecule has 1 fully saturated rings. The first-order chi connectivity index (χ1) is 21.8. The normalized spacial score (nSPS) is 16.4. The summed E-state index contributed by atoms with van der Waals surface area (Å²) in [5.41, 5.74) is 7.66. The number of hydrogen-bond donors (Lipinski definition) is 3. The highest BCUT2D eigenvalue weighted by atomic mass is 35.5. The molecule has 1 aliphatic heterocycles. The molecule has 1 saturated heterocycles. The fourth-order valence-corrected chi connectivity index (χ4v) is 6.25. The highest BCUT2D eigenvalue weighted by Crippen LogP contribution is 2.32. The molecule has 0 aliphatic carbocycles. The molecule has 48 heavy (non-hydrogen) atoms. The van der Waals surface area contributed by atoms with E-state index in [1.165, 1.54) is 6.26 Å². The first kappa shape index (κ1) is 46.6. The second-order valence-corrected chi connectivity index (χ2v) is 15.6. The van der Waals surface area contributed by atoms with Crippen molar-refractivity contribution in [1.82, 2.24) is 10.2 Å². The number of ether oxygens (including phenoxy) is 4. The van der Waals surface area contributed by atoms with Gasteiger partial charge in [-0.2, -0.15) is 0 Å². The van der Waals surface area contributed by atoms with Gasteiger partial charge in [0.15, 0.2) is 11.5 Å². The fourth-order valence-electron chi connectivity index (χ4n) is 5.61. The Morgan fingerprint density at radius 3 is 2.25 bits per heavy atom. The molecule has 1 aromatic rings. The summed E-state index contributed by atoms with van der Waals surface area (Å²) in [5, 5.41) is 14.2. The molecule has 2 rings (SSSR count). The van der Waals surface area contributed by atoms with Crippen LogP contribution in [0, 0.1) is 23.7 Å². The Morgan fingerprint density at radius 2 is 1.65 bits per heavy atom. The number of sulfone groups is 1. The van der Waals surface area contributed by atoms with Gasteiger partial charge in [-0.25, -0.2) is 8.42 Å². The average Bonchev–Trinajstić information content (AvgIpc) is 3.00. The van der Waals surface area contributed by atoms with Gasteiger partial charge in [0.1, 0.15) is 9.84 Å². The van der Waals surface area contributed by atoms with Gasteiger partial charge < -0.3 is 35.1 Å². The highest BCUT2D eigenvalue weighted by molar-refractivity contribution is 7.90. The van der Waals surface area contributed by atoms with Gasteiger partial charge in [0.25, 0.3) is 0 Å². The average molecular weight is 745 g/mol. The third kappa shape index (κ3) is 18.6. The zero-order chi connectivity index (χ0) is 34.1. The molecule has 4 atom stereocenters. The maximum Gasteiger partial charge on any atom is 0.223 e. The van der Waals surface area contributed by atoms with E-state index in [0.29, 0.717) is 56.4 Å². The maximum atomic E-state index is 13.1. The van der Waals surface area contributed by atoms with E-state index < -0.39 is 22.0 Å². The Hall–Kier alpha value is -1.38. The SMILES string of the molecule is COCCCOc1cc(C[C@@H](C[C@H](N)[C@@H](O)C[C@H](C(=O)NCCN2CCOCC2)C(C)C)C(C)C)ccc1OCCCS(C)(=O)=O.Cl.Cl. The van der Waals surface area contributed by atoms with E-state index in [1.807, 2.05) is 32.0 Å². The van der Waals surface area contributed by atoms with Crippen LogP contribution in [0.2, 0.25) is 0 Å². The quantitative estimate of drug-likeness (QED) is 0.142. The third-order valence-electron chi connectivity index (χ3n) is 8.65. The molecule has 0 unspecified atom stereocenters. The van der Waals surface area contributed by atoms with E-state index in [-0.39, 0.29) is 60.8 Å². The number of carbonyl (C=O) groups excluding carboxylic acids is 1. The predicted molar refractivity (Wildman–Crippen MR) is 197 cm³/mol. The standard InChI is InChI=1S/C34H61N3O8S.2ClH/c1-25(2)28(21-27-9-10-32(44-17-8-20-46(6,40)41)33(22-27)45-16-7-15-42-5)23-30(35)31(38)24-29(26(3)4)34(39)36-11-12-37-13-18-43-19-14-37;;/h9-10,22,25-26,28-31,38H,7-8,11-21,23-24,35H2,1-6H3,(H,36,39);2*1H/t28-,29-,30-,31-;;/m0../s1. The Morgan fingerprint density at radius 1 is 1.00 bits per heavy atom. The monoisotopic (exact) mass is 743 g/mol. The van der Waals surface area contributed by atoms with Gasteiger partial charge in [-0.1, -0.05) is 33.8 Å². The van der Waals surface area contributed by atoms with Gasteiger partial charge >= 0.3 is 0 Å². The number of rotatable bonds is 23. The molecule has 14 heteroatoms. The lowest BCUT2D eigenvalue weighted by Gasteiger charge is -2.30. The third-order valence-corrected chi connectivity index (χ3v) is 9.68. The molecule has 1 heterocycles. The Bertz CT molecular complexity index is 1120. The number of carbonyl (C=O) groups is 1. The van der Waals surface area contributed by atoms with E-state index in [0.717, 1.165) is 51.3 Å². The summed E-state index contributed by atoms with van der Waals surface area (Å²) in [4.78, 5) is 15.4. The van der Waals surface area contributed by atoms with Crippen LogP contribution in [0.4, 0.5) is 0 Å². The topological polar surface area (TPSA) is 150 Å². The predicted octanol–water partition coefficient (Wildman–Crippen LogP) is 3.76. The van der Waals surface area contributed by atoms with Crippen LogP contribution in [0.25, 0.3) is 0 Å². The van der Waals surface area contributed by atoms with Crippen LogP contribution >= 0.6 is 24.8 Å². The summed E-state index contributed by atoms with van der Waals surface area (Å²) in [6.07, 6.45) is 3.19. The molecule has 282 valence electrons. The fraction of sp³-hybridized carbons (Fsp3) is 0.794. The van der Waals surface area contributed by atoms with Crippen LogP contribution < -0.4 is 20.5 Å². The van der Waals surface area contributed by atoms with Crippen molar-refractivity contribution in [3.63, 3.8) is 0 Å². The number of nitrogens with zero attached hydrogens (tertiary/aromatic N) is 1. The second kappa shape index (κ2) is 24.7. The number of nitrogens with one attached hydrogen (secondary N) is 1. The van der Waals surface area contributed by atoms with E-state index in [9.17, 15) is 18.3 Å². The molecule has 0 saturated carbocycles. The first-order valence-electron chi connectivity index (χ1n) is 16.9. The second-order valence-electron chi connectivity index (χ2n) is 13.3. The van der Waals surface area contributed by atoms with Gasteiger partial charge in [-0.15, -0.1) is 24.8 Å². The lowest BCUT2D eigenvalue weighted by molar-refractivity contribution is -0.127. The molecule has 1 aromatic carbocycles. The number of aliphatic hydroxyl groups excluding tert-OH is 1. The van der Waals surface area contributed by atoms with Gasteiger partial charge in [0.2, 0.25) is 5.91 Å². The van der Waals surface area contributed by atoms with Gasteiger partial charge in [0, 0.05) is 64.5 Å². The van der Waals surface area contributed by atoms with Crippen molar-refractivity contribution >= 4 is 40.6 Å². The van der Waals surface area contributed by atoms with E-state index in [2.05, 4.69) is 24.1 Å². The van der Waals surface area contributed by atoms with Crippen LogP contribution in [0.3, 0.4) is 0 Å². The summed E-state index contributed by atoms with van der Waals surface area (Å²) in [7, 11) is -1.41. The number of morpholine rings is 1. The number of benzene rings is 1. The number of hydrogen-bond acceptors (Lipinski definition) is 10. The van der Waals surface area contributed by atoms with Crippen LogP contribution in [0.5, 0.6) is 11.5 Å². The number of nitrogens with two attached hydrogens (primary N) is 1. The lowest BCUT2D eigenvalue weighted by atomic mass is 9.81. The maximum absolute atomic E-state index is 13.1. The molecular formula is C34H63Cl2N3O8S. The molecule has 1 amide bonds. The van der Waals surface area contributed by atoms with E-state index >= 15 is 0 Å². The Labute approximate surface area is 302 Å². The van der Waals surface area contributed by atoms with Gasteiger partial charge in [0.05, 0.1) is 38.3 Å². The van der Waals surface area contributed by atoms with Crippen molar-refractivity contribution in [2.24, 2.45) is 29.4 Å². The number of amides is 1. The van der Waals surface area contributed by atoms with Crippen LogP contribution in [-0.2, 0) is 30.5 Å². The van der Waals surface area contributed by atoms with Crippen LogP contribution in [0.15, 0.2) is 18.2 Å². The molecular weight excluding hydrogens is 681 g/mol. The molecule has 0 radical (unpaired) electrons. The zero-order valence-corrected chi connectivity index (χ0v) is 32.3. The minimum absolute atomic E-state index is 0. The summed E-state index contributed by atoms with van der Waals surface area (Å²) < 4.78 is 45.5. The molecule has 0 spiro atoms. The smallest absolute Gasteiger partial charge is 0.223 e. The van der Waals surface area contributed by atoms with E-state index in [4.69, 9.17) is 24.7 Å². The molecule has 0 aromatic heterocycles. The summed E-state index contributed by atoms with van der Waals surface area (Å²) in [6.45, 7) is 14.2. The van der Waals surface area contributed by atoms with Crippen LogP contribution in [0.1, 0.15) is 58.9 Å². The Kier molecular flexibility index (Phi) is 24.0. The molecule has 4 N–H and O–H groups in total. The van der Waals surface area contributed by atoms with Crippen molar-refractivity contribution < 1.29 is 37.3 Å². The number of methoxy groups -OCH3 is 1. The minimum atomic E-state index is -3.06. The van der Waals surface area contributed by atoms with Crippen molar-refractivity contribution in [2.45, 2.75) is 71.9 Å². The van der Waals surface area contributed by atoms with Crippen molar-refractivity contribution in [1.29, 1.82) is 0 Å². The highest BCUT2D eigenvalue weighted by Gasteiger charge is 2.30. The molecule has 1 aliphatic rings. The largest absolute Gasteiger partial charge is 0.490 e. The van der Waals surface area contributed by atoms with Crippen LogP contribution in [-0.4, -0.2) is 115 Å². The van der Waals surface area contributed by atoms with Crippen molar-refractivity contribution in [2.75, 3.05) is 78.3 Å². The molecule has 0 bridgehead atoms. The minimum Gasteiger partial charge on any atom is -0.490 e. The van der Waals surface area contributed by atoms with E-state index in [1.54, 1.807) is 7.11 Å². The van der Waals surface area contributed by atoms with Crippen molar-refractivity contribution in [3.8, 4) is 11.5 Å². The van der Waals surface area contributed by atoms with Gasteiger partial charge in [-0.05, 0) is 61.1 Å². The van der Waals surface area contributed by atoms with Crippen molar-refractivity contribution in [3.05, 3.63) is 23.8 Å².